The SMILES string of the molecule is O=C1c2cc(Cl)ccc2OCC1Cl. The van der Waals surface area contributed by atoms with Crippen LogP contribution in [0.3, 0.4) is 0 Å². The van der Waals surface area contributed by atoms with E-state index in [2.05, 4.69) is 0 Å². The molecule has 0 fully saturated rings. The summed E-state index contributed by atoms with van der Waals surface area (Å²) in [4.78, 5) is 11.5. The number of benzene rings is 1. The third kappa shape index (κ3) is 1.52. The number of carbonyl (C=O) groups excluding carboxylic acids is 1. The Labute approximate surface area is 85.4 Å². The molecule has 1 aromatic rings. The van der Waals surface area contributed by atoms with E-state index in [-0.39, 0.29) is 12.4 Å². The zero-order chi connectivity index (χ0) is 9.42. The molecular formula is C9H6Cl2O2. The topological polar surface area (TPSA) is 26.3 Å². The smallest absolute Gasteiger partial charge is 0.187 e. The Morgan fingerprint density at radius 2 is 2.23 bits per heavy atom. The van der Waals surface area contributed by atoms with Gasteiger partial charge in [-0.1, -0.05) is 11.6 Å². The van der Waals surface area contributed by atoms with Gasteiger partial charge in [0.15, 0.2) is 5.78 Å². The maximum absolute atomic E-state index is 11.5. The van der Waals surface area contributed by atoms with Crippen molar-refractivity contribution in [3.8, 4) is 5.75 Å². The van der Waals surface area contributed by atoms with Crippen LogP contribution in [0.1, 0.15) is 10.4 Å². The highest BCUT2D eigenvalue weighted by molar-refractivity contribution is 6.35. The molecule has 1 aromatic carbocycles. The molecule has 0 aliphatic carbocycles. The summed E-state index contributed by atoms with van der Waals surface area (Å²) in [6.45, 7) is 0.231. The molecule has 1 atom stereocenters. The van der Waals surface area contributed by atoms with E-state index < -0.39 is 5.38 Å². The molecule has 1 aliphatic rings. The van der Waals surface area contributed by atoms with Gasteiger partial charge in [-0.15, -0.1) is 11.6 Å². The Hall–Kier alpha value is -0.730. The highest BCUT2D eigenvalue weighted by atomic mass is 35.5. The van der Waals surface area contributed by atoms with Gasteiger partial charge in [-0.2, -0.15) is 0 Å². The highest BCUT2D eigenvalue weighted by Crippen LogP contribution is 2.28. The molecule has 0 saturated heterocycles. The monoisotopic (exact) mass is 216 g/mol. The molecule has 2 rings (SSSR count). The number of ether oxygens (including phenoxy) is 1. The summed E-state index contributed by atoms with van der Waals surface area (Å²) in [5.41, 5.74) is 0.471. The average Bonchev–Trinajstić information content (AvgIpc) is 2.12. The number of carbonyl (C=O) groups is 1. The van der Waals surface area contributed by atoms with Gasteiger partial charge in [-0.3, -0.25) is 4.79 Å². The van der Waals surface area contributed by atoms with Crippen LogP contribution in [0.2, 0.25) is 5.02 Å². The lowest BCUT2D eigenvalue weighted by Gasteiger charge is -2.19. The Kier molecular flexibility index (Phi) is 2.18. The largest absolute Gasteiger partial charge is 0.491 e. The van der Waals surface area contributed by atoms with Crippen molar-refractivity contribution >= 4 is 29.0 Å². The molecule has 2 nitrogen and oxygen atoms in total. The summed E-state index contributed by atoms with van der Waals surface area (Å²) in [7, 11) is 0. The molecule has 1 unspecified atom stereocenters. The average molecular weight is 217 g/mol. The molecule has 0 bridgehead atoms. The predicted molar refractivity (Wildman–Crippen MR) is 50.9 cm³/mol. The van der Waals surface area contributed by atoms with Gasteiger partial charge in [0.25, 0.3) is 0 Å². The molecule has 0 radical (unpaired) electrons. The maximum atomic E-state index is 11.5. The van der Waals surface area contributed by atoms with Crippen LogP contribution in [0.5, 0.6) is 5.75 Å². The van der Waals surface area contributed by atoms with Gasteiger partial charge in [-0.25, -0.2) is 0 Å². The lowest BCUT2D eigenvalue weighted by Crippen LogP contribution is -2.28. The number of rotatable bonds is 0. The first-order valence-electron chi connectivity index (χ1n) is 3.79. The summed E-state index contributed by atoms with van der Waals surface area (Å²) in [5.74, 6) is 0.441. The molecule has 1 heterocycles. The second kappa shape index (κ2) is 3.20. The van der Waals surface area contributed by atoms with Crippen molar-refractivity contribution in [2.75, 3.05) is 6.61 Å². The molecule has 13 heavy (non-hydrogen) atoms. The number of fused-ring (bicyclic) bond motifs is 1. The molecule has 4 heteroatoms. The standard InChI is InChI=1S/C9H6Cl2O2/c10-5-1-2-8-6(3-5)9(12)7(11)4-13-8/h1-3,7H,4H2. The first-order chi connectivity index (χ1) is 6.18. The van der Waals surface area contributed by atoms with Crippen molar-refractivity contribution in [2.24, 2.45) is 0 Å². The second-order valence-corrected chi connectivity index (χ2v) is 3.75. The Morgan fingerprint density at radius 3 is 3.00 bits per heavy atom. The van der Waals surface area contributed by atoms with Crippen molar-refractivity contribution < 1.29 is 9.53 Å². The van der Waals surface area contributed by atoms with E-state index >= 15 is 0 Å². The first kappa shape index (κ1) is 8.85. The third-order valence-electron chi connectivity index (χ3n) is 1.88. The predicted octanol–water partition coefficient (Wildman–Crippen LogP) is 2.52. The normalized spacial score (nSPS) is 20.8. The molecule has 68 valence electrons. The van der Waals surface area contributed by atoms with E-state index in [0.717, 1.165) is 0 Å². The van der Waals surface area contributed by atoms with Gasteiger partial charge >= 0.3 is 0 Å². The van der Waals surface area contributed by atoms with E-state index in [1.807, 2.05) is 0 Å². The maximum Gasteiger partial charge on any atom is 0.187 e. The number of hydrogen-bond acceptors (Lipinski definition) is 2. The molecule has 0 spiro atoms. The highest BCUT2D eigenvalue weighted by Gasteiger charge is 2.26. The van der Waals surface area contributed by atoms with Crippen LogP contribution in [-0.4, -0.2) is 17.8 Å². The van der Waals surface area contributed by atoms with Crippen LogP contribution in [0.4, 0.5) is 0 Å². The van der Waals surface area contributed by atoms with Gasteiger partial charge in [0.2, 0.25) is 0 Å². The van der Waals surface area contributed by atoms with E-state index in [1.54, 1.807) is 18.2 Å². The first-order valence-corrected chi connectivity index (χ1v) is 4.60. The van der Waals surface area contributed by atoms with Crippen LogP contribution in [-0.2, 0) is 0 Å². The molecule has 0 N–H and O–H groups in total. The van der Waals surface area contributed by atoms with Gasteiger partial charge < -0.3 is 4.74 Å². The summed E-state index contributed by atoms with van der Waals surface area (Å²) in [5, 5.41) is -0.0765. The number of halogens is 2. The van der Waals surface area contributed by atoms with Crippen LogP contribution < -0.4 is 4.74 Å². The number of ketones is 1. The number of alkyl halides is 1. The molecule has 0 amide bonds. The zero-order valence-electron chi connectivity index (χ0n) is 6.59. The van der Waals surface area contributed by atoms with Gasteiger partial charge in [0.05, 0.1) is 5.56 Å². The van der Waals surface area contributed by atoms with Crippen LogP contribution in [0, 0.1) is 0 Å². The minimum Gasteiger partial charge on any atom is -0.491 e. The summed E-state index contributed by atoms with van der Waals surface area (Å²) in [6, 6.07) is 4.94. The van der Waals surface area contributed by atoms with E-state index in [4.69, 9.17) is 27.9 Å². The fraction of sp³-hybridized carbons (Fsp3) is 0.222. The van der Waals surface area contributed by atoms with Crippen molar-refractivity contribution in [3.63, 3.8) is 0 Å². The zero-order valence-corrected chi connectivity index (χ0v) is 8.10. The number of hydrogen-bond donors (Lipinski definition) is 0. The van der Waals surface area contributed by atoms with Crippen molar-refractivity contribution in [1.29, 1.82) is 0 Å². The second-order valence-electron chi connectivity index (χ2n) is 2.78. The van der Waals surface area contributed by atoms with E-state index in [0.29, 0.717) is 16.3 Å². The quantitative estimate of drug-likeness (QED) is 0.624. The lowest BCUT2D eigenvalue weighted by molar-refractivity contribution is 0.0939. The van der Waals surface area contributed by atoms with Crippen LogP contribution >= 0.6 is 23.2 Å². The van der Waals surface area contributed by atoms with E-state index in [9.17, 15) is 4.79 Å². The number of Topliss-reactive ketones (excluding diaryl/α,β-unsaturated/α-hetero) is 1. The molecular weight excluding hydrogens is 211 g/mol. The fourth-order valence-corrected chi connectivity index (χ4v) is 1.58. The Bertz CT molecular complexity index is 363. The Balaban J connectivity index is 2.51. The van der Waals surface area contributed by atoms with Crippen molar-refractivity contribution in [2.45, 2.75) is 5.38 Å². The summed E-state index contributed by atoms with van der Waals surface area (Å²) >= 11 is 11.5. The van der Waals surface area contributed by atoms with Gasteiger partial charge in [0, 0.05) is 5.02 Å². The molecule has 0 saturated carbocycles. The van der Waals surface area contributed by atoms with Gasteiger partial charge in [0.1, 0.15) is 17.7 Å². The summed E-state index contributed by atoms with van der Waals surface area (Å²) < 4.78 is 5.25. The van der Waals surface area contributed by atoms with E-state index in [1.165, 1.54) is 0 Å². The van der Waals surface area contributed by atoms with Crippen molar-refractivity contribution in [1.82, 2.24) is 0 Å². The fourth-order valence-electron chi connectivity index (χ4n) is 1.23. The van der Waals surface area contributed by atoms with Crippen molar-refractivity contribution in [3.05, 3.63) is 28.8 Å². The third-order valence-corrected chi connectivity index (χ3v) is 2.44. The minimum atomic E-state index is -0.592. The van der Waals surface area contributed by atoms with Crippen LogP contribution in [0.15, 0.2) is 18.2 Å². The molecule has 1 aliphatic heterocycles. The van der Waals surface area contributed by atoms with Gasteiger partial charge in [-0.05, 0) is 18.2 Å². The Morgan fingerprint density at radius 1 is 1.46 bits per heavy atom. The summed E-state index contributed by atoms with van der Waals surface area (Å²) in [6.07, 6.45) is 0. The van der Waals surface area contributed by atoms with Crippen LogP contribution in [0.25, 0.3) is 0 Å². The minimum absolute atomic E-state index is 0.120. The molecule has 0 aromatic heterocycles. The lowest BCUT2D eigenvalue weighted by atomic mass is 10.1.